The monoisotopic (exact) mass is 274 g/mol. The topological polar surface area (TPSA) is 147 Å². The summed E-state index contributed by atoms with van der Waals surface area (Å²) in [4.78, 5) is 43.1. The van der Waals surface area contributed by atoms with E-state index in [1.807, 2.05) is 0 Å². The summed E-state index contributed by atoms with van der Waals surface area (Å²) in [5.74, 6) is 2.46. The van der Waals surface area contributed by atoms with E-state index in [-0.39, 0.29) is 17.3 Å². The van der Waals surface area contributed by atoms with Crippen molar-refractivity contribution in [3.8, 4) is 0 Å². The number of carbonyl (C=O) groups is 4. The smallest absolute Gasteiger partial charge is 0.421 e. The predicted octanol–water partition coefficient (Wildman–Crippen LogP) is -1.09. The Balaban J connectivity index is 0.000000404. The fraction of sp³-hybridized carbons (Fsp3) is 0.636. The van der Waals surface area contributed by atoms with Crippen LogP contribution in [0.4, 0.5) is 4.79 Å². The Morgan fingerprint density at radius 3 is 1.84 bits per heavy atom. The van der Waals surface area contributed by atoms with Crippen LogP contribution in [0.25, 0.3) is 0 Å². The molecule has 0 aliphatic heterocycles. The number of hydrogen-bond acceptors (Lipinski definition) is 6. The normalized spacial score (nSPS) is 24.6. The molecule has 0 bridgehead atoms. The van der Waals surface area contributed by atoms with Gasteiger partial charge in [-0.1, -0.05) is 12.8 Å². The molecule has 2 atom stereocenters. The number of ketones is 3. The largest absolute Gasteiger partial charge is 0.452 e. The average Bonchev–Trinajstić information content (AvgIpc) is 2.64. The van der Waals surface area contributed by atoms with Gasteiger partial charge in [-0.25, -0.2) is 10.6 Å². The Bertz CT molecular complexity index is 349. The molecule has 0 aromatic carbocycles. The molecular formula is C11H18N2O6. The fourth-order valence-electron chi connectivity index (χ4n) is 2.28. The van der Waals surface area contributed by atoms with Gasteiger partial charge in [0.05, 0.1) is 7.11 Å². The van der Waals surface area contributed by atoms with Crippen molar-refractivity contribution in [2.24, 2.45) is 17.7 Å². The minimum absolute atomic E-state index is 0. The molecule has 0 spiro atoms. The van der Waals surface area contributed by atoms with Crippen LogP contribution < -0.4 is 11.3 Å². The van der Waals surface area contributed by atoms with Gasteiger partial charge < -0.3 is 10.2 Å². The predicted molar refractivity (Wildman–Crippen MR) is 63.8 cm³/mol. The maximum atomic E-state index is 11.2. The molecule has 2 aliphatic carbocycles. The molecule has 0 heterocycles. The highest BCUT2D eigenvalue weighted by Crippen LogP contribution is 2.36. The third-order valence-corrected chi connectivity index (χ3v) is 3.19. The summed E-state index contributed by atoms with van der Waals surface area (Å²) in [7, 11) is 1.24. The lowest BCUT2D eigenvalue weighted by Crippen LogP contribution is -2.29. The Labute approximate surface area is 109 Å². The van der Waals surface area contributed by atoms with Crippen LogP contribution in [-0.4, -0.2) is 36.0 Å². The van der Waals surface area contributed by atoms with Gasteiger partial charge in [0.15, 0.2) is 0 Å². The molecule has 2 saturated carbocycles. The zero-order valence-corrected chi connectivity index (χ0v) is 10.6. The van der Waals surface area contributed by atoms with Crippen LogP contribution in [0.1, 0.15) is 25.7 Å². The van der Waals surface area contributed by atoms with E-state index in [2.05, 4.69) is 10.6 Å². The second-order valence-electron chi connectivity index (χ2n) is 4.19. The number of ether oxygens (including phenoxy) is 1. The first-order chi connectivity index (χ1) is 8.52. The van der Waals surface area contributed by atoms with Crippen molar-refractivity contribution in [1.29, 1.82) is 0 Å². The van der Waals surface area contributed by atoms with Gasteiger partial charge >= 0.3 is 6.09 Å². The molecule has 8 nitrogen and oxygen atoms in total. The molecule has 2 aliphatic rings. The van der Waals surface area contributed by atoms with Crippen molar-refractivity contribution in [2.45, 2.75) is 25.7 Å². The van der Waals surface area contributed by atoms with Crippen LogP contribution >= 0.6 is 0 Å². The standard InChI is InChI=1S/C9H10O3.C2H6N2O2.H2O/c10-7-5-3-1-2-4-6(5)8(11)9(7)12;1-6-2(5)4-3;/h5-6H,1-4H2;3H2,1H3,(H,4,5);1H2. The second kappa shape index (κ2) is 7.59. The van der Waals surface area contributed by atoms with Crippen molar-refractivity contribution in [1.82, 2.24) is 5.43 Å². The highest BCUT2D eigenvalue weighted by Gasteiger charge is 2.48. The summed E-state index contributed by atoms with van der Waals surface area (Å²) >= 11 is 0. The number of amides is 1. The van der Waals surface area contributed by atoms with Gasteiger partial charge in [0.1, 0.15) is 0 Å². The van der Waals surface area contributed by atoms with E-state index < -0.39 is 23.4 Å². The van der Waals surface area contributed by atoms with Gasteiger partial charge in [-0.15, -0.1) is 0 Å². The van der Waals surface area contributed by atoms with E-state index in [0.717, 1.165) is 25.7 Å². The summed E-state index contributed by atoms with van der Waals surface area (Å²) in [5, 5.41) is 0. The molecule has 0 aromatic heterocycles. The van der Waals surface area contributed by atoms with Crippen LogP contribution in [-0.2, 0) is 19.1 Å². The van der Waals surface area contributed by atoms with Crippen molar-refractivity contribution >= 4 is 23.4 Å². The lowest BCUT2D eigenvalue weighted by molar-refractivity contribution is -0.141. The minimum Gasteiger partial charge on any atom is -0.452 e. The number of hydrogen-bond donors (Lipinski definition) is 2. The van der Waals surface area contributed by atoms with E-state index in [4.69, 9.17) is 0 Å². The average molecular weight is 274 g/mol. The van der Waals surface area contributed by atoms with Crippen molar-refractivity contribution < 1.29 is 29.4 Å². The van der Waals surface area contributed by atoms with Gasteiger partial charge in [0.25, 0.3) is 5.78 Å². The Morgan fingerprint density at radius 1 is 1.16 bits per heavy atom. The number of hydrazine groups is 1. The number of fused-ring (bicyclic) bond motifs is 1. The Hall–Kier alpha value is -1.80. The first kappa shape index (κ1) is 17.2. The van der Waals surface area contributed by atoms with E-state index in [9.17, 15) is 19.2 Å². The lowest BCUT2D eigenvalue weighted by Gasteiger charge is -2.20. The summed E-state index contributed by atoms with van der Waals surface area (Å²) < 4.78 is 4.02. The summed E-state index contributed by atoms with van der Waals surface area (Å²) in [5.41, 5.74) is 1.75. The lowest BCUT2D eigenvalue weighted by atomic mass is 9.81. The van der Waals surface area contributed by atoms with E-state index in [1.165, 1.54) is 7.11 Å². The number of nitrogens with one attached hydrogen (secondary N) is 1. The van der Waals surface area contributed by atoms with Crippen LogP contribution in [0.2, 0.25) is 0 Å². The molecule has 0 radical (unpaired) electrons. The fourth-order valence-corrected chi connectivity index (χ4v) is 2.28. The number of rotatable bonds is 0. The first-order valence-corrected chi connectivity index (χ1v) is 5.69. The number of methoxy groups -OCH3 is 1. The third kappa shape index (κ3) is 3.83. The highest BCUT2D eigenvalue weighted by atomic mass is 16.5. The molecule has 8 heteroatoms. The molecule has 108 valence electrons. The molecule has 0 aromatic rings. The minimum atomic E-state index is -0.744. The number of carbonyl (C=O) groups excluding carboxylic acids is 4. The zero-order chi connectivity index (χ0) is 13.7. The molecule has 5 N–H and O–H groups in total. The van der Waals surface area contributed by atoms with Crippen LogP contribution in [0.15, 0.2) is 0 Å². The maximum Gasteiger partial charge on any atom is 0.421 e. The number of Topliss-reactive ketones (excluding diaryl/α,β-unsaturated/α-hetero) is 3. The van der Waals surface area contributed by atoms with Crippen LogP contribution in [0.3, 0.4) is 0 Å². The Morgan fingerprint density at radius 2 is 1.58 bits per heavy atom. The molecule has 1 amide bonds. The van der Waals surface area contributed by atoms with Gasteiger partial charge in [-0.05, 0) is 12.8 Å². The highest BCUT2D eigenvalue weighted by molar-refractivity contribution is 6.68. The van der Waals surface area contributed by atoms with E-state index in [0.29, 0.717) is 0 Å². The van der Waals surface area contributed by atoms with Crippen molar-refractivity contribution in [3.05, 3.63) is 0 Å². The molecule has 2 fully saturated rings. The summed E-state index contributed by atoms with van der Waals surface area (Å²) in [6, 6.07) is 0. The summed E-state index contributed by atoms with van der Waals surface area (Å²) in [6.45, 7) is 0. The van der Waals surface area contributed by atoms with Crippen LogP contribution in [0.5, 0.6) is 0 Å². The maximum absolute atomic E-state index is 11.2. The van der Waals surface area contributed by atoms with Crippen molar-refractivity contribution in [2.75, 3.05) is 7.11 Å². The third-order valence-electron chi connectivity index (χ3n) is 3.19. The van der Waals surface area contributed by atoms with Gasteiger partial charge in [0, 0.05) is 11.8 Å². The quantitative estimate of drug-likeness (QED) is 0.248. The molecule has 19 heavy (non-hydrogen) atoms. The Kier molecular flexibility index (Phi) is 6.87. The first-order valence-electron chi connectivity index (χ1n) is 5.69. The van der Waals surface area contributed by atoms with Crippen molar-refractivity contribution in [3.63, 3.8) is 0 Å². The SMILES string of the molecule is COC(=O)NN.O.O=C1C(=O)C2CCCCC2C1=O. The molecule has 2 unspecified atom stereocenters. The van der Waals surface area contributed by atoms with Crippen LogP contribution in [0, 0.1) is 11.8 Å². The number of nitrogens with two attached hydrogens (primary N) is 1. The molecule has 0 saturated heterocycles. The second-order valence-corrected chi connectivity index (χ2v) is 4.19. The van der Waals surface area contributed by atoms with E-state index in [1.54, 1.807) is 5.43 Å². The zero-order valence-electron chi connectivity index (χ0n) is 10.6. The molecule has 2 rings (SSSR count). The van der Waals surface area contributed by atoms with Gasteiger partial charge in [-0.3, -0.25) is 19.8 Å². The summed E-state index contributed by atoms with van der Waals surface area (Å²) in [6.07, 6.45) is 2.80. The van der Waals surface area contributed by atoms with E-state index >= 15 is 0 Å². The van der Waals surface area contributed by atoms with Gasteiger partial charge in [-0.2, -0.15) is 0 Å². The van der Waals surface area contributed by atoms with Gasteiger partial charge in [0.2, 0.25) is 11.6 Å². The molecular weight excluding hydrogens is 256 g/mol.